The minimum Gasteiger partial charge on any atom is -0.353 e. The molecule has 3 N–H and O–H groups in total. The van der Waals surface area contributed by atoms with Gasteiger partial charge in [0.15, 0.2) is 0 Å². The lowest BCUT2D eigenvalue weighted by Crippen LogP contribution is -2.09. The third-order valence-corrected chi connectivity index (χ3v) is 7.20. The van der Waals surface area contributed by atoms with Gasteiger partial charge in [0.1, 0.15) is 5.69 Å². The number of nitrogens with one attached hydrogen (secondary N) is 3. The highest BCUT2D eigenvalue weighted by Crippen LogP contribution is 2.37. The van der Waals surface area contributed by atoms with Crippen LogP contribution in [0.2, 0.25) is 0 Å². The number of fused-ring (bicyclic) bond motifs is 2. The lowest BCUT2D eigenvalue weighted by Gasteiger charge is -2.06. The second kappa shape index (κ2) is 8.52. The number of nitrogens with zero attached hydrogens (tertiary/aromatic N) is 2. The summed E-state index contributed by atoms with van der Waals surface area (Å²) in [5.41, 5.74) is 7.72. The highest BCUT2D eigenvalue weighted by molar-refractivity contribution is 7.15. The van der Waals surface area contributed by atoms with E-state index < -0.39 is 0 Å². The van der Waals surface area contributed by atoms with Gasteiger partial charge in [-0.05, 0) is 55.0 Å². The van der Waals surface area contributed by atoms with Gasteiger partial charge in [0.2, 0.25) is 5.91 Å². The van der Waals surface area contributed by atoms with Crippen molar-refractivity contribution in [3.63, 3.8) is 0 Å². The van der Waals surface area contributed by atoms with Crippen LogP contribution in [0.3, 0.4) is 0 Å². The Hall–Kier alpha value is -4.23. The van der Waals surface area contributed by atoms with E-state index in [1.54, 1.807) is 23.7 Å². The Morgan fingerprint density at radius 1 is 0.971 bits per heavy atom. The van der Waals surface area contributed by atoms with Crippen molar-refractivity contribution in [2.45, 2.75) is 20.3 Å². The molecule has 0 aliphatic carbocycles. The third kappa shape index (κ3) is 3.90. The number of pyridine rings is 1. The van der Waals surface area contributed by atoms with Crippen LogP contribution in [-0.4, -0.2) is 26.1 Å². The molecule has 0 saturated carbocycles. The molecule has 35 heavy (non-hydrogen) atoms. The Morgan fingerprint density at radius 2 is 1.89 bits per heavy atom. The zero-order chi connectivity index (χ0) is 23.9. The van der Waals surface area contributed by atoms with Crippen molar-refractivity contribution in [3.8, 4) is 33.0 Å². The fraction of sp³-hybridized carbons (Fsp3) is 0.107. The summed E-state index contributed by atoms with van der Waals surface area (Å²) in [6.07, 6.45) is 3.89. The number of anilines is 1. The van der Waals surface area contributed by atoms with Crippen molar-refractivity contribution in [1.82, 2.24) is 20.2 Å². The molecule has 172 valence electrons. The monoisotopic (exact) mass is 477 g/mol. The number of benzene rings is 2. The van der Waals surface area contributed by atoms with Gasteiger partial charge in [0.25, 0.3) is 0 Å². The molecule has 0 unspecified atom stereocenters. The van der Waals surface area contributed by atoms with Gasteiger partial charge in [-0.25, -0.2) is 0 Å². The molecule has 4 heterocycles. The first-order valence-corrected chi connectivity index (χ1v) is 12.3. The van der Waals surface area contributed by atoms with Crippen molar-refractivity contribution in [3.05, 3.63) is 77.9 Å². The number of thiophene rings is 1. The summed E-state index contributed by atoms with van der Waals surface area (Å²) in [6, 6.07) is 21.0. The molecule has 0 atom stereocenters. The van der Waals surface area contributed by atoms with Gasteiger partial charge in [-0.1, -0.05) is 25.1 Å². The molecule has 6 rings (SSSR count). The van der Waals surface area contributed by atoms with Crippen LogP contribution in [0.4, 0.5) is 5.69 Å². The van der Waals surface area contributed by atoms with Gasteiger partial charge in [0.05, 0.1) is 23.1 Å². The number of rotatable bonds is 5. The number of aromatic nitrogens is 4. The smallest absolute Gasteiger partial charge is 0.224 e. The summed E-state index contributed by atoms with van der Waals surface area (Å²) < 4.78 is 0. The van der Waals surface area contributed by atoms with E-state index in [0.717, 1.165) is 38.9 Å². The van der Waals surface area contributed by atoms with E-state index in [1.807, 2.05) is 25.1 Å². The number of carbonyl (C=O) groups excluding carboxylic acids is 1. The maximum Gasteiger partial charge on any atom is 0.224 e. The Bertz CT molecular complexity index is 1710. The van der Waals surface area contributed by atoms with E-state index in [-0.39, 0.29) is 5.91 Å². The standard InChI is InChI=1S/C28H23N5OS/c1-3-27(34)30-19-11-18(14-29-15-19)17-8-9-24-22(12-17)28(33-32-24)25-13-21-20(5-4-6-23(21)31-25)26-10-7-16(2)35-26/h4-15,31H,3H2,1-2H3,(H,30,34)(H,32,33). The highest BCUT2D eigenvalue weighted by atomic mass is 32.1. The van der Waals surface area contributed by atoms with Gasteiger partial charge >= 0.3 is 0 Å². The zero-order valence-corrected chi connectivity index (χ0v) is 20.2. The van der Waals surface area contributed by atoms with Gasteiger partial charge in [-0.3, -0.25) is 14.9 Å². The van der Waals surface area contributed by atoms with E-state index in [1.165, 1.54) is 20.7 Å². The number of carbonyl (C=O) groups is 1. The summed E-state index contributed by atoms with van der Waals surface area (Å²) in [7, 11) is 0. The molecule has 0 aliphatic rings. The first kappa shape index (κ1) is 21.3. The molecule has 6 nitrogen and oxygen atoms in total. The first-order valence-electron chi connectivity index (χ1n) is 11.5. The van der Waals surface area contributed by atoms with Crippen LogP contribution in [0.5, 0.6) is 0 Å². The molecule has 0 saturated heterocycles. The average molecular weight is 478 g/mol. The topological polar surface area (TPSA) is 86.5 Å². The summed E-state index contributed by atoms with van der Waals surface area (Å²) >= 11 is 1.80. The lowest BCUT2D eigenvalue weighted by molar-refractivity contribution is -0.115. The molecule has 0 bridgehead atoms. The SMILES string of the molecule is CCC(=O)Nc1cncc(-c2ccc3[nH]nc(-c4cc5c(-c6ccc(C)s6)cccc5[nH]4)c3c2)c1. The second-order valence-corrected chi connectivity index (χ2v) is 9.84. The quantitative estimate of drug-likeness (QED) is 0.246. The fourth-order valence-electron chi connectivity index (χ4n) is 4.39. The fourth-order valence-corrected chi connectivity index (χ4v) is 5.30. The van der Waals surface area contributed by atoms with Crippen LogP contribution in [0.25, 0.3) is 54.8 Å². The maximum atomic E-state index is 11.8. The summed E-state index contributed by atoms with van der Waals surface area (Å²) in [5.74, 6) is -0.0348. The van der Waals surface area contributed by atoms with Crippen molar-refractivity contribution < 1.29 is 4.79 Å². The lowest BCUT2D eigenvalue weighted by atomic mass is 10.0. The minimum absolute atomic E-state index is 0.0348. The Morgan fingerprint density at radius 3 is 2.71 bits per heavy atom. The molecule has 0 radical (unpaired) electrons. The normalized spacial score (nSPS) is 11.4. The third-order valence-electron chi connectivity index (χ3n) is 6.16. The van der Waals surface area contributed by atoms with Crippen LogP contribution in [0.1, 0.15) is 18.2 Å². The van der Waals surface area contributed by atoms with Crippen LogP contribution in [-0.2, 0) is 4.79 Å². The van der Waals surface area contributed by atoms with E-state index in [2.05, 4.69) is 74.9 Å². The zero-order valence-electron chi connectivity index (χ0n) is 19.3. The number of aromatic amines is 2. The molecule has 4 aromatic heterocycles. The minimum atomic E-state index is -0.0348. The molecule has 1 amide bonds. The van der Waals surface area contributed by atoms with Crippen molar-refractivity contribution in [2.75, 3.05) is 5.32 Å². The summed E-state index contributed by atoms with van der Waals surface area (Å²) in [6.45, 7) is 3.96. The largest absolute Gasteiger partial charge is 0.353 e. The van der Waals surface area contributed by atoms with Crippen molar-refractivity contribution in [2.24, 2.45) is 0 Å². The Kier molecular flexibility index (Phi) is 5.19. The van der Waals surface area contributed by atoms with Gasteiger partial charge < -0.3 is 10.3 Å². The number of amides is 1. The highest BCUT2D eigenvalue weighted by Gasteiger charge is 2.15. The first-order chi connectivity index (χ1) is 17.1. The maximum absolute atomic E-state index is 11.8. The Labute approximate surface area is 206 Å². The molecule has 0 spiro atoms. The van der Waals surface area contributed by atoms with Crippen molar-refractivity contribution >= 4 is 44.7 Å². The molecule has 7 heteroatoms. The second-order valence-electron chi connectivity index (χ2n) is 8.56. The molecular formula is C28H23N5OS. The van der Waals surface area contributed by atoms with E-state index >= 15 is 0 Å². The molecule has 0 aliphatic heterocycles. The summed E-state index contributed by atoms with van der Waals surface area (Å²) in [5, 5.41) is 12.9. The molecule has 2 aromatic carbocycles. The van der Waals surface area contributed by atoms with Crippen molar-refractivity contribution in [1.29, 1.82) is 0 Å². The van der Waals surface area contributed by atoms with Crippen LogP contribution in [0.15, 0.2) is 73.1 Å². The van der Waals surface area contributed by atoms with Crippen LogP contribution >= 0.6 is 11.3 Å². The number of hydrogen-bond donors (Lipinski definition) is 3. The number of hydrogen-bond acceptors (Lipinski definition) is 4. The Balaban J connectivity index is 1.43. The van der Waals surface area contributed by atoms with Crippen LogP contribution in [0, 0.1) is 6.92 Å². The molecular weight excluding hydrogens is 454 g/mol. The van der Waals surface area contributed by atoms with E-state index in [4.69, 9.17) is 0 Å². The van der Waals surface area contributed by atoms with Crippen LogP contribution < -0.4 is 5.32 Å². The number of H-pyrrole nitrogens is 2. The number of aryl methyl sites for hydroxylation is 1. The summed E-state index contributed by atoms with van der Waals surface area (Å²) in [4.78, 5) is 22.3. The molecule has 6 aromatic rings. The van der Waals surface area contributed by atoms with Gasteiger partial charge in [-0.15, -0.1) is 11.3 Å². The predicted octanol–water partition coefficient (Wildman–Crippen LogP) is 7.16. The van der Waals surface area contributed by atoms with E-state index in [0.29, 0.717) is 12.1 Å². The average Bonchev–Trinajstić information content (AvgIpc) is 3.61. The van der Waals surface area contributed by atoms with E-state index in [9.17, 15) is 4.79 Å². The predicted molar refractivity (Wildman–Crippen MR) is 144 cm³/mol. The molecule has 0 fully saturated rings. The van der Waals surface area contributed by atoms with Gasteiger partial charge in [0, 0.05) is 49.8 Å². The van der Waals surface area contributed by atoms with Gasteiger partial charge in [-0.2, -0.15) is 5.10 Å².